The van der Waals surface area contributed by atoms with E-state index in [0.717, 1.165) is 5.56 Å². The summed E-state index contributed by atoms with van der Waals surface area (Å²) >= 11 is 0. The maximum Gasteiger partial charge on any atom is 0.181 e. The molecule has 4 nitrogen and oxygen atoms in total. The summed E-state index contributed by atoms with van der Waals surface area (Å²) in [7, 11) is 3.22. The minimum absolute atomic E-state index is 0.0126. The molecule has 0 saturated heterocycles. The third-order valence-corrected chi connectivity index (χ3v) is 2.67. The molecule has 0 unspecified atom stereocenters. The van der Waals surface area contributed by atoms with Gasteiger partial charge in [0.25, 0.3) is 0 Å². The standard InChI is InChI=1S/C14H15NO3/c1-17-13-4-3-11(9-14(13)18-2)10-15-7-5-12(16)6-8-15/h3-9H,10H2,1-2H3. The fraction of sp³-hybridized carbons (Fsp3) is 0.214. The van der Waals surface area contributed by atoms with Crippen LogP contribution in [0.1, 0.15) is 5.56 Å². The molecule has 0 aliphatic rings. The van der Waals surface area contributed by atoms with E-state index in [0.29, 0.717) is 18.0 Å². The SMILES string of the molecule is COc1ccc(Cn2ccc(=O)cc2)cc1OC. The Bertz CT molecular complexity index is 569. The molecule has 0 radical (unpaired) electrons. The Morgan fingerprint density at radius 2 is 1.67 bits per heavy atom. The molecule has 4 heteroatoms. The number of benzene rings is 1. The number of aromatic nitrogens is 1. The Labute approximate surface area is 105 Å². The first-order valence-corrected chi connectivity index (χ1v) is 5.60. The molecule has 2 rings (SSSR count). The lowest BCUT2D eigenvalue weighted by atomic mass is 10.2. The van der Waals surface area contributed by atoms with Gasteiger partial charge in [-0.25, -0.2) is 0 Å². The molecule has 0 aliphatic heterocycles. The maximum atomic E-state index is 11.0. The van der Waals surface area contributed by atoms with Gasteiger partial charge in [-0.1, -0.05) is 6.07 Å². The van der Waals surface area contributed by atoms with E-state index in [-0.39, 0.29) is 5.43 Å². The predicted octanol–water partition coefficient (Wildman–Crippen LogP) is 1.91. The van der Waals surface area contributed by atoms with Gasteiger partial charge >= 0.3 is 0 Å². The van der Waals surface area contributed by atoms with Crippen LogP contribution in [0.5, 0.6) is 11.5 Å². The van der Waals surface area contributed by atoms with E-state index < -0.39 is 0 Å². The highest BCUT2D eigenvalue weighted by atomic mass is 16.5. The summed E-state index contributed by atoms with van der Waals surface area (Å²) < 4.78 is 12.4. The Kier molecular flexibility index (Phi) is 3.67. The van der Waals surface area contributed by atoms with Crippen LogP contribution >= 0.6 is 0 Å². The van der Waals surface area contributed by atoms with Gasteiger partial charge in [0.1, 0.15) is 0 Å². The van der Waals surface area contributed by atoms with E-state index in [2.05, 4.69) is 0 Å². The van der Waals surface area contributed by atoms with E-state index >= 15 is 0 Å². The molecule has 0 saturated carbocycles. The van der Waals surface area contributed by atoms with Crippen LogP contribution in [0.4, 0.5) is 0 Å². The van der Waals surface area contributed by atoms with Gasteiger partial charge in [-0.15, -0.1) is 0 Å². The fourth-order valence-electron chi connectivity index (χ4n) is 1.74. The van der Waals surface area contributed by atoms with Crippen LogP contribution in [0.2, 0.25) is 0 Å². The van der Waals surface area contributed by atoms with E-state index in [1.54, 1.807) is 38.7 Å². The molecule has 1 aromatic carbocycles. The molecular weight excluding hydrogens is 230 g/mol. The van der Waals surface area contributed by atoms with Crippen molar-refractivity contribution in [3.63, 3.8) is 0 Å². The number of nitrogens with zero attached hydrogens (tertiary/aromatic N) is 1. The van der Waals surface area contributed by atoms with Crippen molar-refractivity contribution >= 4 is 0 Å². The largest absolute Gasteiger partial charge is 0.493 e. The molecule has 2 aromatic rings. The molecule has 0 amide bonds. The second-order valence-corrected chi connectivity index (χ2v) is 3.90. The number of hydrogen-bond acceptors (Lipinski definition) is 3. The lowest BCUT2D eigenvalue weighted by Crippen LogP contribution is -2.05. The Morgan fingerprint density at radius 3 is 2.28 bits per heavy atom. The Morgan fingerprint density at radius 1 is 1.00 bits per heavy atom. The van der Waals surface area contributed by atoms with Crippen molar-refractivity contribution in [2.45, 2.75) is 6.54 Å². The summed E-state index contributed by atoms with van der Waals surface area (Å²) in [5, 5.41) is 0. The first-order valence-electron chi connectivity index (χ1n) is 5.60. The molecule has 0 spiro atoms. The van der Waals surface area contributed by atoms with Crippen molar-refractivity contribution in [1.29, 1.82) is 0 Å². The van der Waals surface area contributed by atoms with Gasteiger partial charge in [0.15, 0.2) is 16.9 Å². The van der Waals surface area contributed by atoms with Crippen LogP contribution in [-0.4, -0.2) is 18.8 Å². The normalized spacial score (nSPS) is 10.1. The van der Waals surface area contributed by atoms with Crippen LogP contribution in [0.3, 0.4) is 0 Å². The highest BCUT2D eigenvalue weighted by Gasteiger charge is 2.04. The summed E-state index contributed by atoms with van der Waals surface area (Å²) in [6, 6.07) is 8.86. The topological polar surface area (TPSA) is 40.5 Å². The summed E-state index contributed by atoms with van der Waals surface area (Å²) in [4.78, 5) is 11.0. The number of hydrogen-bond donors (Lipinski definition) is 0. The van der Waals surface area contributed by atoms with Gasteiger partial charge < -0.3 is 14.0 Å². The van der Waals surface area contributed by atoms with E-state index in [9.17, 15) is 4.79 Å². The Balaban J connectivity index is 2.24. The van der Waals surface area contributed by atoms with Crippen molar-refractivity contribution in [3.8, 4) is 11.5 Å². The number of ether oxygens (including phenoxy) is 2. The third-order valence-electron chi connectivity index (χ3n) is 2.67. The van der Waals surface area contributed by atoms with Crippen molar-refractivity contribution < 1.29 is 9.47 Å². The quantitative estimate of drug-likeness (QED) is 0.826. The van der Waals surface area contributed by atoms with Crippen LogP contribution in [0.15, 0.2) is 47.5 Å². The average molecular weight is 245 g/mol. The minimum atomic E-state index is 0.0126. The predicted molar refractivity (Wildman–Crippen MR) is 69.4 cm³/mol. The minimum Gasteiger partial charge on any atom is -0.493 e. The average Bonchev–Trinajstić information content (AvgIpc) is 2.41. The smallest absolute Gasteiger partial charge is 0.181 e. The summed E-state index contributed by atoms with van der Waals surface area (Å²) in [5.74, 6) is 1.41. The summed E-state index contributed by atoms with van der Waals surface area (Å²) in [5.41, 5.74) is 1.09. The number of methoxy groups -OCH3 is 2. The zero-order valence-corrected chi connectivity index (χ0v) is 10.4. The summed E-state index contributed by atoms with van der Waals surface area (Å²) in [6.07, 6.45) is 3.53. The lowest BCUT2D eigenvalue weighted by Gasteiger charge is -2.10. The summed E-state index contributed by atoms with van der Waals surface area (Å²) in [6.45, 7) is 0.681. The highest BCUT2D eigenvalue weighted by Crippen LogP contribution is 2.27. The first kappa shape index (κ1) is 12.2. The Hall–Kier alpha value is -2.23. The molecule has 1 heterocycles. The van der Waals surface area contributed by atoms with Crippen LogP contribution in [0.25, 0.3) is 0 Å². The number of pyridine rings is 1. The van der Waals surface area contributed by atoms with Gasteiger partial charge in [0, 0.05) is 31.1 Å². The molecule has 0 aliphatic carbocycles. The van der Waals surface area contributed by atoms with Crippen molar-refractivity contribution in [1.82, 2.24) is 4.57 Å². The third kappa shape index (κ3) is 2.71. The van der Waals surface area contributed by atoms with E-state index in [4.69, 9.17) is 9.47 Å². The molecule has 0 atom stereocenters. The lowest BCUT2D eigenvalue weighted by molar-refractivity contribution is 0.354. The number of rotatable bonds is 4. The molecular formula is C14H15NO3. The van der Waals surface area contributed by atoms with E-state index in [1.807, 2.05) is 22.8 Å². The molecule has 18 heavy (non-hydrogen) atoms. The second-order valence-electron chi connectivity index (χ2n) is 3.90. The van der Waals surface area contributed by atoms with Crippen molar-refractivity contribution in [2.75, 3.05) is 14.2 Å². The maximum absolute atomic E-state index is 11.0. The molecule has 0 N–H and O–H groups in total. The monoisotopic (exact) mass is 245 g/mol. The first-order chi connectivity index (χ1) is 8.72. The highest BCUT2D eigenvalue weighted by molar-refractivity contribution is 5.42. The van der Waals surface area contributed by atoms with Gasteiger partial charge in [0.05, 0.1) is 14.2 Å². The van der Waals surface area contributed by atoms with Gasteiger partial charge in [-0.3, -0.25) is 4.79 Å². The van der Waals surface area contributed by atoms with E-state index in [1.165, 1.54) is 0 Å². The van der Waals surface area contributed by atoms with Crippen LogP contribution in [0, 0.1) is 0 Å². The van der Waals surface area contributed by atoms with Gasteiger partial charge in [0.2, 0.25) is 0 Å². The van der Waals surface area contributed by atoms with Crippen molar-refractivity contribution in [3.05, 3.63) is 58.5 Å². The van der Waals surface area contributed by atoms with Crippen molar-refractivity contribution in [2.24, 2.45) is 0 Å². The zero-order valence-electron chi connectivity index (χ0n) is 10.4. The second kappa shape index (κ2) is 5.40. The molecule has 94 valence electrons. The zero-order chi connectivity index (χ0) is 13.0. The molecule has 0 bridgehead atoms. The van der Waals surface area contributed by atoms with Crippen LogP contribution in [-0.2, 0) is 6.54 Å². The van der Waals surface area contributed by atoms with Crippen LogP contribution < -0.4 is 14.9 Å². The van der Waals surface area contributed by atoms with Gasteiger partial charge in [-0.2, -0.15) is 0 Å². The fourth-order valence-corrected chi connectivity index (χ4v) is 1.74. The molecule has 1 aromatic heterocycles. The van der Waals surface area contributed by atoms with Gasteiger partial charge in [-0.05, 0) is 17.7 Å². The molecule has 0 fully saturated rings.